The zero-order chi connectivity index (χ0) is 48.1. The van der Waals surface area contributed by atoms with Gasteiger partial charge in [-0.2, -0.15) is 0 Å². The normalized spacial score (nSPS) is 40.5. The van der Waals surface area contributed by atoms with Crippen molar-refractivity contribution in [3.05, 3.63) is 75.8 Å². The maximum Gasteiger partial charge on any atom is 0.379 e. The van der Waals surface area contributed by atoms with Crippen LogP contribution in [0.5, 0.6) is 5.75 Å². The first-order chi connectivity index (χ1) is 31.9. The lowest BCUT2D eigenvalue weighted by Gasteiger charge is -2.51. The Balaban J connectivity index is 0.952. The van der Waals surface area contributed by atoms with Gasteiger partial charge in [0.25, 0.3) is 5.76 Å². The molecule has 67 heavy (non-hydrogen) atoms. The minimum atomic E-state index is -1.62. The number of methoxy groups -OCH3 is 1. The largest absolute Gasteiger partial charge is 0.505 e. The lowest BCUT2D eigenvalue weighted by Crippen LogP contribution is -2.56. The summed E-state index contributed by atoms with van der Waals surface area (Å²) in [5.41, 5.74) is -2.00. The third-order valence-corrected chi connectivity index (χ3v) is 15.9. The highest BCUT2D eigenvalue weighted by Gasteiger charge is 2.60. The standard InChI is InChI=1S/C50H63ClO16/c1-24-23-50-29(20-31(24)45(55)56)13-10-8-7-9-12-28-16-17-30-32(49(28,5)48(59)66-43(44(50)54)47(58)67-50)14-11-15-35(30)63-38-21-34(52)42(27(4)62-38)65-39-22-37(41(53)26(3)61-39)64-46(57)40-25(2)33(51)18-19-36(40)60-6/h10,13,16-20,24,26-30,32,34-35,37-39,41-42,52-54H,7-9,11-12,14-15,21-23H2,1-6H3,(H,55,56)/b13-10+/t24-,26-,27-,28-,29-,30+,32-,34-,35+,37-,38+,39+,41-,42-,49-,50+/m1/s1. The van der Waals surface area contributed by atoms with E-state index in [4.69, 9.17) is 49.5 Å². The minimum absolute atomic E-state index is 0.00846. The molecule has 16 atom stereocenters. The molecule has 8 rings (SSSR count). The second-order valence-electron chi connectivity index (χ2n) is 19.5. The molecular weight excluding hydrogens is 892 g/mol. The zero-order valence-corrected chi connectivity index (χ0v) is 39.5. The number of carbonyl (C=O) groups excluding carboxylic acids is 3. The van der Waals surface area contributed by atoms with Gasteiger partial charge in [0.15, 0.2) is 23.9 Å². The Morgan fingerprint density at radius 3 is 2.39 bits per heavy atom. The topological polar surface area (TPSA) is 223 Å². The molecule has 4 heterocycles. The summed E-state index contributed by atoms with van der Waals surface area (Å²) in [6, 6.07) is 3.18. The summed E-state index contributed by atoms with van der Waals surface area (Å²) in [5.74, 6) is -6.44. The molecule has 0 unspecified atom stereocenters. The van der Waals surface area contributed by atoms with E-state index < -0.39 is 114 Å². The Hall–Kier alpha value is -4.29. The molecule has 2 bridgehead atoms. The van der Waals surface area contributed by atoms with E-state index in [1.54, 1.807) is 45.9 Å². The third kappa shape index (κ3) is 9.19. The van der Waals surface area contributed by atoms with Crippen LogP contribution < -0.4 is 4.74 Å². The lowest BCUT2D eigenvalue weighted by atomic mass is 9.55. The summed E-state index contributed by atoms with van der Waals surface area (Å²) >= 11 is 6.30. The molecular formula is C50H63ClO16. The van der Waals surface area contributed by atoms with Gasteiger partial charge in [-0.3, -0.25) is 4.79 Å². The maximum absolute atomic E-state index is 14.8. The highest BCUT2D eigenvalue weighted by Crippen LogP contribution is 2.55. The first kappa shape index (κ1) is 49.1. The number of hydrogen-bond acceptors (Lipinski definition) is 15. The van der Waals surface area contributed by atoms with Gasteiger partial charge in [0.05, 0.1) is 36.9 Å². The summed E-state index contributed by atoms with van der Waals surface area (Å²) in [4.78, 5) is 53.9. The SMILES string of the molecule is COc1ccc(Cl)c(C)c1C(=O)O[C@@H]1C[C@H](O[C@H]2[C@H](O)C[C@H](O[C@H]3CCC[C@@H]4[C@@H]3C=C[C@H]3CCCC/C=C/[C@@H]5C=C(C(=O)O)[C@H](C)C[C@]56OC(=O)C(=C6O)OC(=O)[C@@]43C)O[C@@H]2C)O[C@H](C)[C@H]1O. The molecule has 1 spiro atoms. The van der Waals surface area contributed by atoms with Crippen LogP contribution in [0.3, 0.4) is 0 Å². The van der Waals surface area contributed by atoms with Gasteiger partial charge in [-0.05, 0) is 95.2 Å². The molecule has 7 aliphatic rings. The first-order valence-corrected chi connectivity index (χ1v) is 24.0. The van der Waals surface area contributed by atoms with Crippen LogP contribution in [0.1, 0.15) is 108 Å². The Morgan fingerprint density at radius 1 is 0.910 bits per heavy atom. The molecule has 3 fully saturated rings. The van der Waals surface area contributed by atoms with E-state index in [0.717, 1.165) is 12.8 Å². The Labute approximate surface area is 395 Å². The van der Waals surface area contributed by atoms with Crippen LogP contribution in [-0.4, -0.2) is 112 Å². The van der Waals surface area contributed by atoms with E-state index in [9.17, 15) is 39.6 Å². The van der Waals surface area contributed by atoms with Gasteiger partial charge in [0, 0.05) is 41.7 Å². The van der Waals surface area contributed by atoms with Crippen molar-refractivity contribution in [1.29, 1.82) is 0 Å². The molecule has 0 amide bonds. The molecule has 16 nitrogen and oxygen atoms in total. The summed E-state index contributed by atoms with van der Waals surface area (Å²) < 4.78 is 48.4. The van der Waals surface area contributed by atoms with Gasteiger partial charge in [0.1, 0.15) is 29.6 Å². The number of esters is 3. The van der Waals surface area contributed by atoms with Crippen molar-refractivity contribution < 1.29 is 77.5 Å². The fourth-order valence-electron chi connectivity index (χ4n) is 11.7. The smallest absolute Gasteiger partial charge is 0.379 e. The van der Waals surface area contributed by atoms with Gasteiger partial charge in [0.2, 0.25) is 0 Å². The fraction of sp³-hybridized carbons (Fsp3) is 0.640. The number of allylic oxidation sites excluding steroid dienone is 2. The van der Waals surface area contributed by atoms with Crippen molar-refractivity contribution in [2.75, 3.05) is 7.11 Å². The van der Waals surface area contributed by atoms with E-state index >= 15 is 0 Å². The molecule has 1 aromatic carbocycles. The van der Waals surface area contributed by atoms with Gasteiger partial charge < -0.3 is 58.3 Å². The summed E-state index contributed by atoms with van der Waals surface area (Å²) in [6.45, 7) is 8.63. The second kappa shape index (κ2) is 19.6. The molecule has 3 aliphatic carbocycles. The predicted octanol–water partition coefficient (Wildman–Crippen LogP) is 6.96. The summed E-state index contributed by atoms with van der Waals surface area (Å²) in [7, 11) is 1.43. The van der Waals surface area contributed by atoms with Gasteiger partial charge in [-0.25, -0.2) is 14.4 Å². The van der Waals surface area contributed by atoms with Crippen LogP contribution in [0.15, 0.2) is 59.6 Å². The van der Waals surface area contributed by atoms with Crippen LogP contribution in [0.2, 0.25) is 5.02 Å². The molecule has 4 aliphatic heterocycles. The highest BCUT2D eigenvalue weighted by atomic mass is 35.5. The number of fused-ring (bicyclic) bond motifs is 3. The fourth-order valence-corrected chi connectivity index (χ4v) is 11.8. The minimum Gasteiger partial charge on any atom is -0.505 e. The maximum atomic E-state index is 14.8. The quantitative estimate of drug-likeness (QED) is 0.117. The molecule has 2 saturated heterocycles. The Morgan fingerprint density at radius 2 is 1.66 bits per heavy atom. The average molecular weight is 955 g/mol. The molecule has 1 saturated carbocycles. The van der Waals surface area contributed by atoms with Crippen LogP contribution in [-0.2, 0) is 47.5 Å². The van der Waals surface area contributed by atoms with Crippen molar-refractivity contribution in [2.45, 2.75) is 160 Å². The van der Waals surface area contributed by atoms with Crippen molar-refractivity contribution in [3.63, 3.8) is 0 Å². The van der Waals surface area contributed by atoms with Gasteiger partial charge in [-0.1, -0.05) is 61.7 Å². The van der Waals surface area contributed by atoms with Crippen molar-refractivity contribution in [1.82, 2.24) is 0 Å². The number of aliphatic carboxylic acids is 1. The number of carboxylic acid groups (broad SMARTS) is 1. The Bertz CT molecular complexity index is 2210. The summed E-state index contributed by atoms with van der Waals surface area (Å²) in [5, 5.41) is 44.6. The zero-order valence-electron chi connectivity index (χ0n) is 38.8. The number of carboxylic acids is 1. The molecule has 4 N–H and O–H groups in total. The van der Waals surface area contributed by atoms with Crippen molar-refractivity contribution in [3.8, 4) is 5.75 Å². The first-order valence-electron chi connectivity index (χ1n) is 23.6. The van der Waals surface area contributed by atoms with E-state index in [1.165, 1.54) is 13.2 Å². The van der Waals surface area contributed by atoms with Crippen molar-refractivity contribution >= 4 is 35.5 Å². The lowest BCUT2D eigenvalue weighted by molar-refractivity contribution is -0.318. The van der Waals surface area contributed by atoms with E-state index in [1.807, 2.05) is 19.1 Å². The van der Waals surface area contributed by atoms with Crippen LogP contribution in [0.4, 0.5) is 0 Å². The van der Waals surface area contributed by atoms with Gasteiger partial charge in [-0.15, -0.1) is 0 Å². The van der Waals surface area contributed by atoms with Crippen LogP contribution >= 0.6 is 11.6 Å². The number of benzene rings is 1. The number of aliphatic hydroxyl groups is 3. The number of hydrogen-bond donors (Lipinski definition) is 4. The molecule has 366 valence electrons. The Kier molecular flexibility index (Phi) is 14.4. The van der Waals surface area contributed by atoms with Crippen molar-refractivity contribution in [2.24, 2.45) is 35.0 Å². The van der Waals surface area contributed by atoms with E-state index in [-0.39, 0.29) is 53.9 Å². The number of ether oxygens (including phenoxy) is 8. The number of carbonyl (C=O) groups is 4. The summed E-state index contributed by atoms with van der Waals surface area (Å²) in [6.07, 6.45) is 6.54. The number of aliphatic hydroxyl groups excluding tert-OH is 3. The van der Waals surface area contributed by atoms with Crippen LogP contribution in [0.25, 0.3) is 0 Å². The van der Waals surface area contributed by atoms with E-state index in [2.05, 4.69) is 6.08 Å². The number of halogens is 1. The van der Waals surface area contributed by atoms with Crippen LogP contribution in [0, 0.1) is 41.9 Å². The molecule has 0 aromatic heterocycles. The monoisotopic (exact) mass is 954 g/mol. The highest BCUT2D eigenvalue weighted by molar-refractivity contribution is 6.32. The predicted molar refractivity (Wildman–Crippen MR) is 238 cm³/mol. The molecule has 17 heteroatoms. The second-order valence-corrected chi connectivity index (χ2v) is 20.0. The average Bonchev–Trinajstić information content (AvgIpc) is 3.50. The molecule has 0 radical (unpaired) electrons. The van der Waals surface area contributed by atoms with E-state index in [0.29, 0.717) is 42.7 Å². The molecule has 1 aromatic rings. The third-order valence-electron chi connectivity index (χ3n) is 15.5. The van der Waals surface area contributed by atoms with Gasteiger partial charge >= 0.3 is 23.9 Å². The number of rotatable bonds is 8.